The topological polar surface area (TPSA) is 59.9 Å². The maximum absolute atomic E-state index is 11.9. The third-order valence-electron chi connectivity index (χ3n) is 3.10. The Labute approximate surface area is 139 Å². The van der Waals surface area contributed by atoms with E-state index in [1.165, 1.54) is 0 Å². The van der Waals surface area contributed by atoms with E-state index in [1.54, 1.807) is 38.6 Å². The van der Waals surface area contributed by atoms with Gasteiger partial charge < -0.3 is 9.47 Å². The molecular weight excluding hydrogens is 316 g/mol. The molecule has 0 saturated carbocycles. The van der Waals surface area contributed by atoms with E-state index in [1.807, 2.05) is 24.3 Å². The highest BCUT2D eigenvalue weighted by Gasteiger charge is 2.08. The van der Waals surface area contributed by atoms with Gasteiger partial charge in [0.1, 0.15) is 11.5 Å². The Kier molecular flexibility index (Phi) is 6.00. The highest BCUT2D eigenvalue weighted by atomic mass is 35.5. The van der Waals surface area contributed by atoms with E-state index < -0.39 is 0 Å². The quantitative estimate of drug-likeness (QED) is 0.653. The number of nitrogens with one attached hydrogen (secondary N) is 1. The van der Waals surface area contributed by atoms with Crippen molar-refractivity contribution in [3.63, 3.8) is 0 Å². The summed E-state index contributed by atoms with van der Waals surface area (Å²) in [5.74, 6) is 1.11. The smallest absolute Gasteiger partial charge is 0.244 e. The van der Waals surface area contributed by atoms with Gasteiger partial charge in [0.2, 0.25) is 5.91 Å². The fourth-order valence-electron chi connectivity index (χ4n) is 1.93. The molecule has 120 valence electrons. The van der Waals surface area contributed by atoms with Crippen LogP contribution in [0.2, 0.25) is 5.02 Å². The van der Waals surface area contributed by atoms with Crippen LogP contribution in [0, 0.1) is 0 Å². The van der Waals surface area contributed by atoms with E-state index in [0.717, 1.165) is 11.3 Å². The molecule has 0 unspecified atom stereocenters. The van der Waals surface area contributed by atoms with Gasteiger partial charge >= 0.3 is 0 Å². The van der Waals surface area contributed by atoms with Gasteiger partial charge in [-0.2, -0.15) is 5.10 Å². The Morgan fingerprint density at radius 2 is 1.91 bits per heavy atom. The van der Waals surface area contributed by atoms with Gasteiger partial charge in [0.05, 0.1) is 26.9 Å². The van der Waals surface area contributed by atoms with Gasteiger partial charge in [-0.3, -0.25) is 4.79 Å². The molecule has 1 amide bonds. The lowest BCUT2D eigenvalue weighted by Crippen LogP contribution is -2.20. The van der Waals surface area contributed by atoms with E-state index >= 15 is 0 Å². The van der Waals surface area contributed by atoms with Gasteiger partial charge in [0.15, 0.2) is 0 Å². The molecule has 0 aromatic heterocycles. The van der Waals surface area contributed by atoms with Crippen molar-refractivity contribution in [2.45, 2.75) is 6.42 Å². The van der Waals surface area contributed by atoms with Crippen LogP contribution in [0.3, 0.4) is 0 Å². The zero-order valence-electron chi connectivity index (χ0n) is 12.9. The van der Waals surface area contributed by atoms with Crippen molar-refractivity contribution >= 4 is 23.7 Å². The average molecular weight is 333 g/mol. The molecule has 0 fully saturated rings. The molecule has 1 N–H and O–H groups in total. The zero-order chi connectivity index (χ0) is 16.7. The second kappa shape index (κ2) is 8.19. The van der Waals surface area contributed by atoms with E-state index in [4.69, 9.17) is 21.1 Å². The van der Waals surface area contributed by atoms with Crippen molar-refractivity contribution in [2.24, 2.45) is 5.10 Å². The van der Waals surface area contributed by atoms with Gasteiger partial charge in [-0.1, -0.05) is 23.7 Å². The van der Waals surface area contributed by atoms with Crippen LogP contribution in [0.5, 0.6) is 11.5 Å². The molecule has 0 spiro atoms. The van der Waals surface area contributed by atoms with E-state index in [0.29, 0.717) is 16.3 Å². The second-order valence-corrected chi connectivity index (χ2v) is 5.11. The number of nitrogens with zero attached hydrogens (tertiary/aromatic N) is 1. The minimum Gasteiger partial charge on any atom is -0.497 e. The monoisotopic (exact) mass is 332 g/mol. The number of carbonyl (C=O) groups is 1. The first kappa shape index (κ1) is 16.8. The number of ether oxygens (including phenoxy) is 2. The van der Waals surface area contributed by atoms with Gasteiger partial charge in [0, 0.05) is 5.02 Å². The van der Waals surface area contributed by atoms with Crippen molar-refractivity contribution in [3.05, 3.63) is 58.6 Å². The molecule has 5 nitrogen and oxygen atoms in total. The van der Waals surface area contributed by atoms with Gasteiger partial charge in [0.25, 0.3) is 0 Å². The molecule has 2 rings (SSSR count). The van der Waals surface area contributed by atoms with Crippen molar-refractivity contribution in [1.29, 1.82) is 0 Å². The molecule has 23 heavy (non-hydrogen) atoms. The molecule has 0 atom stereocenters. The van der Waals surface area contributed by atoms with Crippen LogP contribution in [-0.4, -0.2) is 26.3 Å². The van der Waals surface area contributed by atoms with Crippen molar-refractivity contribution < 1.29 is 14.3 Å². The van der Waals surface area contributed by atoms with Crippen LogP contribution in [-0.2, 0) is 11.2 Å². The van der Waals surface area contributed by atoms with Crippen molar-refractivity contribution in [3.8, 4) is 11.5 Å². The SMILES string of the molecule is COc1cccc(/C=N/NC(=O)Cc2cc(OC)ccc2Cl)c1. The molecule has 0 radical (unpaired) electrons. The number of amides is 1. The number of halogens is 1. The Morgan fingerprint density at radius 1 is 1.17 bits per heavy atom. The van der Waals surface area contributed by atoms with Gasteiger partial charge in [-0.25, -0.2) is 5.43 Å². The molecule has 0 aliphatic rings. The number of benzene rings is 2. The van der Waals surface area contributed by atoms with Gasteiger partial charge in [-0.05, 0) is 41.5 Å². The summed E-state index contributed by atoms with van der Waals surface area (Å²) in [5, 5.41) is 4.44. The first-order chi connectivity index (χ1) is 11.1. The third-order valence-corrected chi connectivity index (χ3v) is 3.47. The van der Waals surface area contributed by atoms with Crippen LogP contribution in [0.1, 0.15) is 11.1 Å². The summed E-state index contributed by atoms with van der Waals surface area (Å²) < 4.78 is 10.2. The molecule has 2 aromatic carbocycles. The molecule has 6 heteroatoms. The molecule has 2 aromatic rings. The maximum Gasteiger partial charge on any atom is 0.244 e. The van der Waals surface area contributed by atoms with E-state index in [9.17, 15) is 4.79 Å². The molecule has 0 heterocycles. The number of methoxy groups -OCH3 is 2. The minimum absolute atomic E-state index is 0.117. The van der Waals surface area contributed by atoms with Crippen LogP contribution in [0.25, 0.3) is 0 Å². The highest BCUT2D eigenvalue weighted by Crippen LogP contribution is 2.22. The summed E-state index contributed by atoms with van der Waals surface area (Å²) in [6.45, 7) is 0. The molecule has 0 bridgehead atoms. The first-order valence-electron chi connectivity index (χ1n) is 6.90. The van der Waals surface area contributed by atoms with Crippen LogP contribution < -0.4 is 14.9 Å². The lowest BCUT2D eigenvalue weighted by Gasteiger charge is -2.06. The molecule has 0 aliphatic carbocycles. The van der Waals surface area contributed by atoms with Crippen LogP contribution >= 0.6 is 11.6 Å². The fourth-order valence-corrected chi connectivity index (χ4v) is 2.11. The Morgan fingerprint density at radius 3 is 2.65 bits per heavy atom. The maximum atomic E-state index is 11.9. The summed E-state index contributed by atoms with van der Waals surface area (Å²) in [6.07, 6.45) is 1.67. The summed E-state index contributed by atoms with van der Waals surface area (Å²) in [5.41, 5.74) is 3.98. The van der Waals surface area contributed by atoms with Crippen LogP contribution in [0.15, 0.2) is 47.6 Å². The summed E-state index contributed by atoms with van der Waals surface area (Å²) in [4.78, 5) is 11.9. The normalized spacial score (nSPS) is 10.6. The molecule has 0 saturated heterocycles. The average Bonchev–Trinajstić information content (AvgIpc) is 2.57. The summed E-state index contributed by atoms with van der Waals surface area (Å²) in [7, 11) is 3.15. The second-order valence-electron chi connectivity index (χ2n) is 4.70. The Balaban J connectivity index is 1.96. The van der Waals surface area contributed by atoms with E-state index in [2.05, 4.69) is 10.5 Å². The number of hydrogen-bond donors (Lipinski definition) is 1. The summed E-state index contributed by atoms with van der Waals surface area (Å²) >= 11 is 6.07. The van der Waals surface area contributed by atoms with Crippen molar-refractivity contribution in [1.82, 2.24) is 5.43 Å². The van der Waals surface area contributed by atoms with Crippen LogP contribution in [0.4, 0.5) is 0 Å². The molecule has 0 aliphatic heterocycles. The van der Waals surface area contributed by atoms with E-state index in [-0.39, 0.29) is 12.3 Å². The number of hydrogen-bond acceptors (Lipinski definition) is 4. The number of carbonyl (C=O) groups excluding carboxylic acids is 1. The fraction of sp³-hybridized carbons (Fsp3) is 0.176. The number of rotatable bonds is 6. The standard InChI is InChI=1S/C17H17ClN2O3/c1-22-14-5-3-4-12(8-14)11-19-20-17(21)10-13-9-15(23-2)6-7-16(13)18/h3-9,11H,10H2,1-2H3,(H,20,21)/b19-11+. The van der Waals surface area contributed by atoms with Crippen molar-refractivity contribution in [2.75, 3.05) is 14.2 Å². The predicted octanol–water partition coefficient (Wildman–Crippen LogP) is 3.05. The third kappa shape index (κ3) is 5.00. The van der Waals surface area contributed by atoms with Gasteiger partial charge in [-0.15, -0.1) is 0 Å². The highest BCUT2D eigenvalue weighted by molar-refractivity contribution is 6.31. The lowest BCUT2D eigenvalue weighted by atomic mass is 10.1. The molecular formula is C17H17ClN2O3. The zero-order valence-corrected chi connectivity index (χ0v) is 13.6. The Hall–Kier alpha value is -2.53. The first-order valence-corrected chi connectivity index (χ1v) is 7.28. The summed E-state index contributed by atoms with van der Waals surface area (Å²) in [6, 6.07) is 12.5. The largest absolute Gasteiger partial charge is 0.497 e. The predicted molar refractivity (Wildman–Crippen MR) is 90.4 cm³/mol. The number of hydrazone groups is 1. The lowest BCUT2D eigenvalue weighted by molar-refractivity contribution is -0.120. The Bertz CT molecular complexity index is 717. The minimum atomic E-state index is -0.265.